The van der Waals surface area contributed by atoms with E-state index in [-0.39, 0.29) is 15.6 Å². The molecule has 0 aromatic heterocycles. The zero-order valence-corrected chi connectivity index (χ0v) is 18.2. The van der Waals surface area contributed by atoms with E-state index in [0.29, 0.717) is 16.9 Å². The quantitative estimate of drug-likeness (QED) is 0.364. The lowest BCUT2D eigenvalue weighted by Gasteiger charge is -2.36. The van der Waals surface area contributed by atoms with E-state index in [4.69, 9.17) is 17.4 Å². The summed E-state index contributed by atoms with van der Waals surface area (Å²) >= 11 is 5.53. The maximum absolute atomic E-state index is 13.4. The zero-order valence-electron chi connectivity index (χ0n) is 16.6. The van der Waals surface area contributed by atoms with E-state index in [0.717, 1.165) is 0 Å². The van der Waals surface area contributed by atoms with Crippen LogP contribution in [0.5, 0.6) is 0 Å². The number of amides is 2. The van der Waals surface area contributed by atoms with Crippen LogP contribution in [-0.4, -0.2) is 25.3 Å². The van der Waals surface area contributed by atoms with Crippen molar-refractivity contribution in [3.05, 3.63) is 96.1 Å². The molecule has 0 aliphatic carbocycles. The lowest BCUT2D eigenvalue weighted by Crippen LogP contribution is -2.56. The summed E-state index contributed by atoms with van der Waals surface area (Å²) in [7, 11) is -3.90. The first-order valence-electron chi connectivity index (χ1n) is 9.45. The molecule has 0 radical (unpaired) electrons. The van der Waals surface area contributed by atoms with Crippen LogP contribution in [0.15, 0.2) is 95.4 Å². The molecule has 1 aliphatic heterocycles. The molecule has 2 N–H and O–H groups in total. The number of carbonyl (C=O) groups is 2. The lowest BCUT2D eigenvalue weighted by molar-refractivity contribution is -0.120. The topological polar surface area (TPSA) is 101 Å². The van der Waals surface area contributed by atoms with Crippen LogP contribution in [0, 0.1) is 0 Å². The van der Waals surface area contributed by atoms with Crippen LogP contribution in [0.2, 0.25) is 0 Å². The van der Waals surface area contributed by atoms with Gasteiger partial charge in [0.05, 0.1) is 16.3 Å². The summed E-state index contributed by atoms with van der Waals surface area (Å²) in [6, 6.07) is 23.1. The molecule has 0 spiro atoms. The summed E-state index contributed by atoms with van der Waals surface area (Å²) < 4.78 is 23.2. The fourth-order valence-corrected chi connectivity index (χ4v) is 4.15. The number of carbonyl (C=O) groups excluding carboxylic acids is 2. The predicted octanol–water partition coefficient (Wildman–Crippen LogP) is 3.08. The van der Waals surface area contributed by atoms with Crippen molar-refractivity contribution in [2.75, 3.05) is 9.80 Å². The summed E-state index contributed by atoms with van der Waals surface area (Å²) in [5.41, 5.74) is 1.40. The minimum Gasteiger partial charge on any atom is -0.268 e. The number of nitrogens with zero attached hydrogens (tertiary/aromatic N) is 2. The molecular weight excluding hydrogens is 446 g/mol. The lowest BCUT2D eigenvalue weighted by atomic mass is 10.1. The molecule has 4 rings (SSSR count). The van der Waals surface area contributed by atoms with Crippen molar-refractivity contribution in [1.29, 1.82) is 0 Å². The number of benzene rings is 3. The fourth-order valence-electron chi connectivity index (χ4n) is 3.26. The number of primary sulfonamides is 1. The third-order valence-corrected chi connectivity index (χ3v) is 6.09. The average Bonchev–Trinajstić information content (AvgIpc) is 2.78. The molecule has 0 saturated carbocycles. The Morgan fingerprint density at radius 3 is 1.69 bits per heavy atom. The number of anilines is 2. The van der Waals surface area contributed by atoms with Gasteiger partial charge in [-0.3, -0.25) is 19.4 Å². The van der Waals surface area contributed by atoms with Crippen LogP contribution in [-0.2, 0) is 19.6 Å². The molecule has 0 unspecified atom stereocenters. The first kappa shape index (κ1) is 21.6. The highest BCUT2D eigenvalue weighted by atomic mass is 32.2. The van der Waals surface area contributed by atoms with Gasteiger partial charge in [-0.05, 0) is 60.3 Å². The number of rotatable bonds is 4. The molecule has 7 nitrogen and oxygen atoms in total. The monoisotopic (exact) mass is 463 g/mol. The number of sulfonamides is 1. The summed E-state index contributed by atoms with van der Waals surface area (Å²) in [4.78, 5) is 29.1. The number of hydrogen-bond acceptors (Lipinski definition) is 5. The third kappa shape index (κ3) is 4.09. The van der Waals surface area contributed by atoms with Gasteiger partial charge in [0.2, 0.25) is 10.0 Å². The predicted molar refractivity (Wildman–Crippen MR) is 126 cm³/mol. The second kappa shape index (κ2) is 8.46. The van der Waals surface area contributed by atoms with Gasteiger partial charge in [-0.25, -0.2) is 13.6 Å². The Morgan fingerprint density at radius 1 is 0.719 bits per heavy atom. The van der Waals surface area contributed by atoms with Crippen molar-refractivity contribution in [1.82, 2.24) is 0 Å². The van der Waals surface area contributed by atoms with Crippen LogP contribution in [0.3, 0.4) is 0 Å². The highest BCUT2D eigenvalue weighted by Crippen LogP contribution is 2.30. The molecule has 1 heterocycles. The van der Waals surface area contributed by atoms with E-state index in [2.05, 4.69) is 0 Å². The molecule has 0 bridgehead atoms. The van der Waals surface area contributed by atoms with Crippen LogP contribution in [0.1, 0.15) is 5.56 Å². The molecular formula is C23H17N3O4S2. The van der Waals surface area contributed by atoms with E-state index in [9.17, 15) is 18.0 Å². The van der Waals surface area contributed by atoms with Crippen molar-refractivity contribution < 1.29 is 18.0 Å². The Hall–Kier alpha value is -3.66. The Balaban J connectivity index is 1.85. The number of para-hydroxylation sites is 1. The normalized spacial score (nSPS) is 16.0. The fraction of sp³-hybridized carbons (Fsp3) is 0. The molecule has 3 aromatic rings. The van der Waals surface area contributed by atoms with Crippen molar-refractivity contribution in [3.8, 4) is 0 Å². The number of thiocarbonyl (C=S) groups is 1. The van der Waals surface area contributed by atoms with Gasteiger partial charge in [0.1, 0.15) is 5.57 Å². The highest BCUT2D eigenvalue weighted by molar-refractivity contribution is 7.89. The summed E-state index contributed by atoms with van der Waals surface area (Å²) in [6.45, 7) is 0. The number of hydrogen-bond donors (Lipinski definition) is 1. The van der Waals surface area contributed by atoms with Gasteiger partial charge >= 0.3 is 0 Å². The van der Waals surface area contributed by atoms with E-state index in [1.54, 1.807) is 54.6 Å². The van der Waals surface area contributed by atoms with E-state index in [1.807, 2.05) is 6.07 Å². The summed E-state index contributed by atoms with van der Waals surface area (Å²) in [5, 5.41) is 5.13. The smallest absolute Gasteiger partial charge is 0.268 e. The number of nitrogens with two attached hydrogens (primary N) is 1. The first-order chi connectivity index (χ1) is 15.3. The van der Waals surface area contributed by atoms with Crippen molar-refractivity contribution in [3.63, 3.8) is 0 Å². The summed E-state index contributed by atoms with van der Waals surface area (Å²) in [6.07, 6.45) is 1.51. The SMILES string of the molecule is NS(=O)(=O)c1ccc(N2C(=O)/C(=C\c3ccccc3)C(=O)N(c3ccccc3)C2=S)cc1. The van der Waals surface area contributed by atoms with Crippen molar-refractivity contribution in [2.24, 2.45) is 5.14 Å². The van der Waals surface area contributed by atoms with Gasteiger partial charge in [-0.15, -0.1) is 0 Å². The minimum atomic E-state index is -3.90. The van der Waals surface area contributed by atoms with Crippen molar-refractivity contribution >= 4 is 56.6 Å². The Morgan fingerprint density at radius 2 is 1.19 bits per heavy atom. The van der Waals surface area contributed by atoms with Gasteiger partial charge in [-0.1, -0.05) is 48.5 Å². The molecule has 160 valence electrons. The van der Waals surface area contributed by atoms with Crippen molar-refractivity contribution in [2.45, 2.75) is 4.90 Å². The minimum absolute atomic E-state index is 0.0419. The molecule has 1 saturated heterocycles. The van der Waals surface area contributed by atoms with Gasteiger partial charge in [0.25, 0.3) is 11.8 Å². The molecule has 2 amide bonds. The van der Waals surface area contributed by atoms with E-state index >= 15 is 0 Å². The van der Waals surface area contributed by atoms with Crippen LogP contribution >= 0.6 is 12.2 Å². The molecule has 0 atom stereocenters. The molecule has 32 heavy (non-hydrogen) atoms. The second-order valence-electron chi connectivity index (χ2n) is 6.91. The second-order valence-corrected chi connectivity index (χ2v) is 8.83. The van der Waals surface area contributed by atoms with E-state index < -0.39 is 21.8 Å². The average molecular weight is 464 g/mol. The van der Waals surface area contributed by atoms with Gasteiger partial charge in [0, 0.05) is 0 Å². The maximum Gasteiger partial charge on any atom is 0.270 e. The Bertz CT molecular complexity index is 1340. The van der Waals surface area contributed by atoms with Crippen LogP contribution in [0.25, 0.3) is 6.08 Å². The van der Waals surface area contributed by atoms with Crippen LogP contribution < -0.4 is 14.9 Å². The maximum atomic E-state index is 13.4. The third-order valence-electron chi connectivity index (χ3n) is 4.80. The highest BCUT2D eigenvalue weighted by Gasteiger charge is 2.41. The largest absolute Gasteiger partial charge is 0.270 e. The first-order valence-corrected chi connectivity index (χ1v) is 11.4. The zero-order chi connectivity index (χ0) is 22.9. The summed E-state index contributed by atoms with van der Waals surface area (Å²) in [5.74, 6) is -1.16. The molecule has 1 aliphatic rings. The van der Waals surface area contributed by atoms with E-state index in [1.165, 1.54) is 40.1 Å². The Kier molecular flexibility index (Phi) is 5.70. The molecule has 3 aromatic carbocycles. The molecule has 9 heteroatoms. The Labute approximate surface area is 190 Å². The van der Waals surface area contributed by atoms with Gasteiger partial charge in [0.15, 0.2) is 5.11 Å². The van der Waals surface area contributed by atoms with Gasteiger partial charge in [-0.2, -0.15) is 0 Å². The molecule has 1 fully saturated rings. The standard InChI is InChI=1S/C23H17N3O4S2/c24-32(29,30)19-13-11-18(12-14-19)26-22(28)20(15-16-7-3-1-4-8-16)21(27)25(23(26)31)17-9-5-2-6-10-17/h1-15H,(H2,24,29,30)/b20-15-. The van der Waals surface area contributed by atoms with Gasteiger partial charge < -0.3 is 0 Å². The van der Waals surface area contributed by atoms with Crippen LogP contribution in [0.4, 0.5) is 11.4 Å².